The molecule has 0 bridgehead atoms. The molecule has 11 heteroatoms. The van der Waals surface area contributed by atoms with Crippen molar-refractivity contribution in [1.29, 1.82) is 0 Å². The average Bonchev–Trinajstić information content (AvgIpc) is 3.24. The zero-order valence-electron chi connectivity index (χ0n) is 18.9. The third-order valence-electron chi connectivity index (χ3n) is 7.33. The predicted octanol–water partition coefficient (Wildman–Crippen LogP) is 2.77. The Bertz CT molecular complexity index is 1040. The van der Waals surface area contributed by atoms with Crippen molar-refractivity contribution in [2.45, 2.75) is 53.4 Å². The van der Waals surface area contributed by atoms with Crippen LogP contribution in [0.5, 0.6) is 0 Å². The van der Waals surface area contributed by atoms with E-state index in [4.69, 9.17) is 0 Å². The molecule has 1 aliphatic carbocycles. The summed E-state index contributed by atoms with van der Waals surface area (Å²) in [6, 6.07) is 0. The first-order valence-corrected chi connectivity index (χ1v) is 12.3. The van der Waals surface area contributed by atoms with Gasteiger partial charge in [0.05, 0.1) is 10.7 Å². The molecule has 172 valence electrons. The Balaban J connectivity index is 1.29. The van der Waals surface area contributed by atoms with Crippen molar-refractivity contribution in [3.05, 3.63) is 26.7 Å². The minimum atomic E-state index is -0.471. The maximum atomic E-state index is 13.0. The Morgan fingerprint density at radius 2 is 1.69 bits per heavy atom. The fourth-order valence-corrected chi connectivity index (χ4v) is 6.12. The fraction of sp³-hybridized carbons (Fsp3) is 0.619. The molecule has 4 rings (SSSR count). The van der Waals surface area contributed by atoms with Gasteiger partial charge in [0.15, 0.2) is 0 Å². The number of carbonyl (C=O) groups excluding carboxylic acids is 3. The van der Waals surface area contributed by atoms with E-state index in [1.54, 1.807) is 12.3 Å². The first-order chi connectivity index (χ1) is 15.0. The van der Waals surface area contributed by atoms with Gasteiger partial charge in [-0.05, 0) is 42.1 Å². The number of thiazole rings is 1. The van der Waals surface area contributed by atoms with Gasteiger partial charge in [-0.3, -0.25) is 25.2 Å². The van der Waals surface area contributed by atoms with Gasteiger partial charge in [0.1, 0.15) is 10.6 Å². The van der Waals surface area contributed by atoms with Crippen LogP contribution in [0.2, 0.25) is 0 Å². The number of likely N-dealkylation sites (tertiary alicyclic amines) is 1. The molecule has 2 aromatic heterocycles. The summed E-state index contributed by atoms with van der Waals surface area (Å²) in [5, 5.41) is 6.37. The standard InChI is InChI=1S/C21H28N6O3S2/c1-11-14(32-26-23-11)17(29)25-24-16(28)13-10-31-18(22-13)12-6-8-27(9-7-12)19(30)15-20(2,3)21(15,4)5/h10,12,15H,6-9H2,1-5H3,(H,24,28)(H,25,29). The fourth-order valence-electron chi connectivity index (χ4n) is 4.60. The Morgan fingerprint density at radius 3 is 2.25 bits per heavy atom. The van der Waals surface area contributed by atoms with Gasteiger partial charge in [-0.2, -0.15) is 0 Å². The number of carbonyl (C=O) groups is 3. The second-order valence-electron chi connectivity index (χ2n) is 9.64. The number of piperidine rings is 1. The van der Waals surface area contributed by atoms with Crippen LogP contribution in [0.25, 0.3) is 0 Å². The number of rotatable bonds is 4. The summed E-state index contributed by atoms with van der Waals surface area (Å²) in [6.45, 7) is 11.8. The van der Waals surface area contributed by atoms with Gasteiger partial charge >= 0.3 is 0 Å². The quantitative estimate of drug-likeness (QED) is 0.656. The van der Waals surface area contributed by atoms with Crippen LogP contribution in [0.15, 0.2) is 5.38 Å². The van der Waals surface area contributed by atoms with Gasteiger partial charge < -0.3 is 4.90 Å². The van der Waals surface area contributed by atoms with Crippen LogP contribution in [0.4, 0.5) is 0 Å². The molecule has 1 saturated heterocycles. The first kappa shape index (κ1) is 22.8. The Labute approximate surface area is 195 Å². The van der Waals surface area contributed by atoms with E-state index in [1.165, 1.54) is 11.3 Å². The summed E-state index contributed by atoms with van der Waals surface area (Å²) in [5.41, 5.74) is 5.63. The molecule has 2 N–H and O–H groups in total. The van der Waals surface area contributed by atoms with E-state index in [1.807, 2.05) is 4.90 Å². The van der Waals surface area contributed by atoms with E-state index in [0.29, 0.717) is 23.7 Å². The van der Waals surface area contributed by atoms with E-state index in [0.717, 1.165) is 29.4 Å². The van der Waals surface area contributed by atoms with Crippen LogP contribution in [0.3, 0.4) is 0 Å². The second-order valence-corrected chi connectivity index (χ2v) is 11.3. The molecule has 9 nitrogen and oxygen atoms in total. The van der Waals surface area contributed by atoms with E-state index < -0.39 is 11.8 Å². The SMILES string of the molecule is Cc1nnsc1C(=O)NNC(=O)c1csc(C2CCN(C(=O)C3C(C)(C)C3(C)C)CC2)n1. The van der Waals surface area contributed by atoms with Crippen LogP contribution < -0.4 is 10.9 Å². The Hall–Kier alpha value is -2.40. The van der Waals surface area contributed by atoms with Gasteiger partial charge in [0, 0.05) is 30.3 Å². The average molecular weight is 477 g/mol. The second kappa shape index (κ2) is 8.18. The van der Waals surface area contributed by atoms with Crippen molar-refractivity contribution >= 4 is 40.6 Å². The van der Waals surface area contributed by atoms with Gasteiger partial charge in [-0.1, -0.05) is 32.2 Å². The van der Waals surface area contributed by atoms with Crippen LogP contribution in [-0.2, 0) is 4.79 Å². The lowest BCUT2D eigenvalue weighted by Gasteiger charge is -2.31. The molecular weight excluding hydrogens is 448 g/mol. The number of nitrogens with one attached hydrogen (secondary N) is 2. The largest absolute Gasteiger partial charge is 0.342 e. The topological polar surface area (TPSA) is 117 Å². The molecule has 2 aromatic rings. The zero-order valence-corrected chi connectivity index (χ0v) is 20.5. The van der Waals surface area contributed by atoms with Crippen molar-refractivity contribution in [1.82, 2.24) is 30.3 Å². The summed E-state index contributed by atoms with van der Waals surface area (Å²) in [6.07, 6.45) is 1.67. The highest BCUT2D eigenvalue weighted by atomic mass is 32.1. The van der Waals surface area contributed by atoms with Gasteiger partial charge in [-0.15, -0.1) is 16.4 Å². The number of amides is 3. The minimum Gasteiger partial charge on any atom is -0.342 e. The highest BCUT2D eigenvalue weighted by Crippen LogP contribution is 2.68. The normalized spacial score (nSPS) is 20.1. The molecule has 1 aliphatic heterocycles. The maximum absolute atomic E-state index is 13.0. The van der Waals surface area contributed by atoms with E-state index in [2.05, 4.69) is 53.1 Å². The van der Waals surface area contributed by atoms with Gasteiger partial charge in [0.25, 0.3) is 11.8 Å². The number of aryl methyl sites for hydroxylation is 1. The third kappa shape index (κ3) is 3.92. The molecule has 0 radical (unpaired) electrons. The van der Waals surface area contributed by atoms with Crippen molar-refractivity contribution in [2.24, 2.45) is 16.7 Å². The molecule has 0 spiro atoms. The molecule has 32 heavy (non-hydrogen) atoms. The summed E-state index contributed by atoms with van der Waals surface area (Å²) in [4.78, 5) is 44.3. The van der Waals surface area contributed by atoms with E-state index >= 15 is 0 Å². The molecule has 1 saturated carbocycles. The van der Waals surface area contributed by atoms with Gasteiger partial charge in [0.2, 0.25) is 5.91 Å². The molecule has 3 heterocycles. The monoisotopic (exact) mass is 476 g/mol. The van der Waals surface area contributed by atoms with Crippen molar-refractivity contribution in [3.8, 4) is 0 Å². The van der Waals surface area contributed by atoms with Gasteiger partial charge in [-0.25, -0.2) is 4.98 Å². The molecular formula is C21H28N6O3S2. The number of hydrogen-bond acceptors (Lipinski definition) is 8. The first-order valence-electron chi connectivity index (χ1n) is 10.7. The van der Waals surface area contributed by atoms with E-state index in [9.17, 15) is 14.4 Å². The highest BCUT2D eigenvalue weighted by molar-refractivity contribution is 7.10. The molecule has 2 aliphatic rings. The number of nitrogens with zero attached hydrogens (tertiary/aromatic N) is 4. The molecule has 3 amide bonds. The smallest absolute Gasteiger partial charge is 0.289 e. The van der Waals surface area contributed by atoms with Crippen molar-refractivity contribution in [2.75, 3.05) is 13.1 Å². The number of hydrazine groups is 1. The predicted molar refractivity (Wildman–Crippen MR) is 121 cm³/mol. The lowest BCUT2D eigenvalue weighted by molar-refractivity contribution is -0.134. The molecule has 0 atom stereocenters. The maximum Gasteiger partial charge on any atom is 0.289 e. The Morgan fingerprint density at radius 1 is 1.06 bits per heavy atom. The van der Waals surface area contributed by atoms with Crippen LogP contribution in [0.1, 0.15) is 77.3 Å². The van der Waals surface area contributed by atoms with Crippen LogP contribution in [-0.4, -0.2) is 50.3 Å². The van der Waals surface area contributed by atoms with E-state index in [-0.39, 0.29) is 34.3 Å². The number of aromatic nitrogens is 3. The Kier molecular flexibility index (Phi) is 5.83. The summed E-state index contributed by atoms with van der Waals surface area (Å²) >= 11 is 2.41. The van der Waals surface area contributed by atoms with Crippen molar-refractivity contribution in [3.63, 3.8) is 0 Å². The molecule has 2 fully saturated rings. The molecule has 0 aromatic carbocycles. The third-order valence-corrected chi connectivity index (χ3v) is 9.16. The zero-order chi connectivity index (χ0) is 23.3. The summed E-state index contributed by atoms with van der Waals surface area (Å²) in [7, 11) is 0. The minimum absolute atomic E-state index is 0.0448. The lowest BCUT2D eigenvalue weighted by atomic mass is 9.96. The lowest BCUT2D eigenvalue weighted by Crippen LogP contribution is -2.41. The molecule has 0 unspecified atom stereocenters. The highest BCUT2D eigenvalue weighted by Gasteiger charge is 2.68. The number of hydrogen-bond donors (Lipinski definition) is 2. The van der Waals surface area contributed by atoms with Crippen molar-refractivity contribution < 1.29 is 14.4 Å². The summed E-state index contributed by atoms with van der Waals surface area (Å²) in [5.74, 6) is -0.352. The van der Waals surface area contributed by atoms with Crippen LogP contribution >= 0.6 is 22.9 Å². The van der Waals surface area contributed by atoms with Crippen LogP contribution in [0, 0.1) is 23.7 Å². The summed E-state index contributed by atoms with van der Waals surface area (Å²) < 4.78 is 3.71.